The van der Waals surface area contributed by atoms with Crippen LogP contribution in [0, 0.1) is 0 Å². The summed E-state index contributed by atoms with van der Waals surface area (Å²) >= 11 is 0. The molecule has 0 saturated carbocycles. The van der Waals surface area contributed by atoms with Crippen LogP contribution in [0.4, 0.5) is 0 Å². The number of hydrogen-bond donors (Lipinski definition) is 2. The number of aromatic nitrogens is 2. The molecular weight excluding hydrogens is 254 g/mol. The maximum atomic E-state index is 12.1. The molecule has 1 aromatic carbocycles. The van der Waals surface area contributed by atoms with E-state index in [1.54, 1.807) is 11.2 Å². The van der Waals surface area contributed by atoms with Gasteiger partial charge >= 0.3 is 0 Å². The smallest absolute Gasteiger partial charge is 0.224 e. The summed E-state index contributed by atoms with van der Waals surface area (Å²) in [7, 11) is 0. The van der Waals surface area contributed by atoms with Crippen LogP contribution in [0.2, 0.25) is 0 Å². The van der Waals surface area contributed by atoms with Crippen molar-refractivity contribution in [2.75, 3.05) is 13.1 Å². The van der Waals surface area contributed by atoms with Crippen molar-refractivity contribution in [3.8, 4) is 0 Å². The fraction of sp³-hybridized carbons (Fsp3) is 0.429. The minimum Gasteiger partial charge on any atom is -0.339 e. The average molecular weight is 273 g/mol. The van der Waals surface area contributed by atoms with Gasteiger partial charge in [-0.15, -0.1) is 0 Å². The summed E-state index contributed by atoms with van der Waals surface area (Å²) in [6, 6.07) is 7.69. The zero-order valence-electron chi connectivity index (χ0n) is 11.3. The lowest BCUT2D eigenvalue weighted by molar-refractivity contribution is -0.130. The standard InChI is InChI=1S/C14H19N5O/c15-10-7-19(8-11(10)16)14(20)5-6-18-9-17-12-3-1-2-4-13(12)18/h1-4,9-11H,5-8,15-16H2/t10-,11-/m1/s1. The van der Waals surface area contributed by atoms with E-state index in [2.05, 4.69) is 4.98 Å². The highest BCUT2D eigenvalue weighted by atomic mass is 16.2. The zero-order valence-corrected chi connectivity index (χ0v) is 11.3. The van der Waals surface area contributed by atoms with Crippen molar-refractivity contribution in [2.45, 2.75) is 25.0 Å². The summed E-state index contributed by atoms with van der Waals surface area (Å²) in [4.78, 5) is 18.2. The molecule has 1 fully saturated rings. The Balaban J connectivity index is 1.63. The number of amides is 1. The Morgan fingerprint density at radius 3 is 2.70 bits per heavy atom. The summed E-state index contributed by atoms with van der Waals surface area (Å²) < 4.78 is 2.00. The van der Waals surface area contributed by atoms with E-state index in [1.807, 2.05) is 28.8 Å². The van der Waals surface area contributed by atoms with Crippen LogP contribution in [0.1, 0.15) is 6.42 Å². The lowest BCUT2D eigenvalue weighted by Gasteiger charge is -2.15. The number of aryl methyl sites for hydroxylation is 1. The number of benzene rings is 1. The Hall–Kier alpha value is -1.92. The van der Waals surface area contributed by atoms with E-state index in [1.165, 1.54) is 0 Å². The summed E-state index contributed by atoms with van der Waals surface area (Å²) in [6.45, 7) is 1.75. The maximum absolute atomic E-state index is 12.1. The Labute approximate surface area is 117 Å². The third kappa shape index (κ3) is 2.39. The molecule has 1 amide bonds. The molecule has 1 aliphatic heterocycles. The Morgan fingerprint density at radius 1 is 1.25 bits per heavy atom. The van der Waals surface area contributed by atoms with Crippen molar-refractivity contribution in [1.82, 2.24) is 14.5 Å². The quantitative estimate of drug-likeness (QED) is 0.818. The molecule has 6 nitrogen and oxygen atoms in total. The molecule has 1 aromatic heterocycles. The van der Waals surface area contributed by atoms with Gasteiger partial charge in [-0.3, -0.25) is 4.79 Å². The fourth-order valence-corrected chi connectivity index (χ4v) is 2.62. The van der Waals surface area contributed by atoms with Crippen LogP contribution in [0.15, 0.2) is 30.6 Å². The monoisotopic (exact) mass is 273 g/mol. The molecule has 0 aliphatic carbocycles. The first-order valence-corrected chi connectivity index (χ1v) is 6.84. The molecule has 2 atom stereocenters. The van der Waals surface area contributed by atoms with Gasteiger partial charge in [0.15, 0.2) is 0 Å². The molecule has 2 heterocycles. The topological polar surface area (TPSA) is 90.2 Å². The highest BCUT2D eigenvalue weighted by molar-refractivity contribution is 5.78. The Morgan fingerprint density at radius 2 is 1.95 bits per heavy atom. The maximum Gasteiger partial charge on any atom is 0.224 e. The predicted octanol–water partition coefficient (Wildman–Crippen LogP) is -0.0768. The van der Waals surface area contributed by atoms with Gasteiger partial charge in [-0.05, 0) is 12.1 Å². The summed E-state index contributed by atoms with van der Waals surface area (Å²) in [5.74, 6) is 0.103. The number of hydrogen-bond acceptors (Lipinski definition) is 4. The summed E-state index contributed by atoms with van der Waals surface area (Å²) in [5, 5.41) is 0. The molecule has 0 unspecified atom stereocenters. The van der Waals surface area contributed by atoms with Gasteiger partial charge in [0.25, 0.3) is 0 Å². The Bertz CT molecular complexity index is 613. The van der Waals surface area contributed by atoms with Gasteiger partial charge in [-0.2, -0.15) is 0 Å². The molecule has 0 radical (unpaired) electrons. The van der Waals surface area contributed by atoms with E-state index in [-0.39, 0.29) is 18.0 Å². The van der Waals surface area contributed by atoms with Crippen molar-refractivity contribution >= 4 is 16.9 Å². The van der Waals surface area contributed by atoms with Gasteiger partial charge in [0.05, 0.1) is 17.4 Å². The van der Waals surface area contributed by atoms with E-state index >= 15 is 0 Å². The number of carbonyl (C=O) groups excluding carboxylic acids is 1. The second-order valence-electron chi connectivity index (χ2n) is 5.30. The summed E-state index contributed by atoms with van der Waals surface area (Å²) in [5.41, 5.74) is 13.7. The SMILES string of the molecule is N[C@@H]1CN(C(=O)CCn2cnc3ccccc32)C[C@H]1N. The van der Waals surface area contributed by atoms with Crippen molar-refractivity contribution in [1.29, 1.82) is 0 Å². The molecular formula is C14H19N5O. The van der Waals surface area contributed by atoms with Crippen LogP contribution in [-0.4, -0.2) is 45.5 Å². The lowest BCUT2D eigenvalue weighted by atomic mass is 10.2. The van der Waals surface area contributed by atoms with E-state index in [9.17, 15) is 4.79 Å². The highest BCUT2D eigenvalue weighted by Crippen LogP contribution is 2.13. The number of fused-ring (bicyclic) bond motifs is 1. The number of rotatable bonds is 3. The molecule has 1 saturated heterocycles. The fourth-order valence-electron chi connectivity index (χ4n) is 2.62. The molecule has 0 spiro atoms. The second kappa shape index (κ2) is 5.22. The van der Waals surface area contributed by atoms with E-state index in [4.69, 9.17) is 11.5 Å². The number of carbonyl (C=O) groups is 1. The van der Waals surface area contributed by atoms with Gasteiger partial charge in [0.2, 0.25) is 5.91 Å². The van der Waals surface area contributed by atoms with Gasteiger partial charge in [-0.25, -0.2) is 4.98 Å². The second-order valence-corrected chi connectivity index (χ2v) is 5.30. The number of para-hydroxylation sites is 2. The van der Waals surface area contributed by atoms with Crippen molar-refractivity contribution in [2.24, 2.45) is 11.5 Å². The van der Waals surface area contributed by atoms with Gasteiger partial charge in [0.1, 0.15) is 0 Å². The normalized spacial score (nSPS) is 22.6. The van der Waals surface area contributed by atoms with E-state index < -0.39 is 0 Å². The minimum absolute atomic E-state index is 0.103. The molecule has 0 bridgehead atoms. The third-order valence-electron chi connectivity index (χ3n) is 3.86. The molecule has 4 N–H and O–H groups in total. The van der Waals surface area contributed by atoms with Crippen LogP contribution in [0.3, 0.4) is 0 Å². The lowest BCUT2D eigenvalue weighted by Crippen LogP contribution is -2.39. The van der Waals surface area contributed by atoms with Crippen molar-refractivity contribution in [3.05, 3.63) is 30.6 Å². The van der Waals surface area contributed by atoms with Gasteiger partial charge in [-0.1, -0.05) is 12.1 Å². The van der Waals surface area contributed by atoms with Gasteiger partial charge in [0, 0.05) is 38.1 Å². The average Bonchev–Trinajstić information content (AvgIpc) is 3.01. The van der Waals surface area contributed by atoms with Gasteiger partial charge < -0.3 is 20.9 Å². The number of imidazole rings is 1. The molecule has 20 heavy (non-hydrogen) atoms. The molecule has 3 rings (SSSR count). The highest BCUT2D eigenvalue weighted by Gasteiger charge is 2.29. The van der Waals surface area contributed by atoms with E-state index in [0.29, 0.717) is 26.1 Å². The largest absolute Gasteiger partial charge is 0.339 e. The van der Waals surface area contributed by atoms with Crippen molar-refractivity contribution < 1.29 is 4.79 Å². The van der Waals surface area contributed by atoms with Crippen LogP contribution < -0.4 is 11.5 Å². The van der Waals surface area contributed by atoms with Crippen LogP contribution in [0.25, 0.3) is 11.0 Å². The number of nitrogens with two attached hydrogens (primary N) is 2. The van der Waals surface area contributed by atoms with Crippen LogP contribution in [0.5, 0.6) is 0 Å². The Kier molecular flexibility index (Phi) is 3.42. The number of likely N-dealkylation sites (tertiary alicyclic amines) is 1. The number of nitrogens with zero attached hydrogens (tertiary/aromatic N) is 3. The zero-order chi connectivity index (χ0) is 14.1. The van der Waals surface area contributed by atoms with Crippen LogP contribution >= 0.6 is 0 Å². The van der Waals surface area contributed by atoms with Crippen LogP contribution in [-0.2, 0) is 11.3 Å². The molecule has 6 heteroatoms. The minimum atomic E-state index is -0.104. The summed E-state index contributed by atoms with van der Waals surface area (Å²) in [6.07, 6.45) is 2.22. The molecule has 2 aromatic rings. The first-order valence-electron chi connectivity index (χ1n) is 6.84. The predicted molar refractivity (Wildman–Crippen MR) is 76.9 cm³/mol. The first-order chi connectivity index (χ1) is 9.65. The van der Waals surface area contributed by atoms with E-state index in [0.717, 1.165) is 11.0 Å². The molecule has 1 aliphatic rings. The van der Waals surface area contributed by atoms with Crippen molar-refractivity contribution in [3.63, 3.8) is 0 Å². The third-order valence-corrected chi connectivity index (χ3v) is 3.86. The first kappa shape index (κ1) is 13.1. The molecule has 106 valence electrons.